The molecule has 1 aliphatic rings. The van der Waals surface area contributed by atoms with Crippen LogP contribution in [0.15, 0.2) is 0 Å². The quantitative estimate of drug-likeness (QED) is 0.656. The lowest BCUT2D eigenvalue weighted by Crippen LogP contribution is -2.34. The Balaban J connectivity index is 2.48. The van der Waals surface area contributed by atoms with Gasteiger partial charge in [-0.2, -0.15) is 0 Å². The molecule has 0 aromatic rings. The predicted molar refractivity (Wildman–Crippen MR) is 38.1 cm³/mol. The molecule has 12 heavy (non-hydrogen) atoms. The van der Waals surface area contributed by atoms with E-state index in [2.05, 4.69) is 4.74 Å². The predicted octanol–water partition coefficient (Wildman–Crippen LogP) is 1.48. The van der Waals surface area contributed by atoms with Gasteiger partial charge in [0.15, 0.2) is 0 Å². The Bertz CT molecular complexity index is 175. The summed E-state index contributed by atoms with van der Waals surface area (Å²) in [5, 5.41) is 0. The van der Waals surface area contributed by atoms with Crippen LogP contribution >= 0.6 is 0 Å². The molecule has 0 radical (unpaired) electrons. The van der Waals surface area contributed by atoms with Crippen molar-refractivity contribution in [3.63, 3.8) is 0 Å². The van der Waals surface area contributed by atoms with E-state index < -0.39 is 18.6 Å². The van der Waals surface area contributed by atoms with E-state index in [-0.39, 0.29) is 13.0 Å². The summed E-state index contributed by atoms with van der Waals surface area (Å²) in [6.45, 7) is 2.26. The van der Waals surface area contributed by atoms with Gasteiger partial charge in [-0.3, -0.25) is 0 Å². The maximum absolute atomic E-state index is 11.9. The second-order valence-electron chi connectivity index (χ2n) is 2.64. The standard InChI is InChI=1S/C7H11F2NO2/c1-2-10-5(3-6(8)9)4-12-7(10)11/h5-6H,2-4H2,1H3. The van der Waals surface area contributed by atoms with Crippen LogP contribution in [0.5, 0.6) is 0 Å². The van der Waals surface area contributed by atoms with Crippen molar-refractivity contribution in [1.82, 2.24) is 4.90 Å². The highest BCUT2D eigenvalue weighted by molar-refractivity contribution is 5.69. The number of alkyl halides is 2. The van der Waals surface area contributed by atoms with Crippen molar-refractivity contribution in [2.24, 2.45) is 0 Å². The lowest BCUT2D eigenvalue weighted by Gasteiger charge is -2.18. The van der Waals surface area contributed by atoms with Gasteiger partial charge < -0.3 is 9.64 Å². The number of carbonyl (C=O) groups excluding carboxylic acids is 1. The highest BCUT2D eigenvalue weighted by Crippen LogP contribution is 2.17. The summed E-state index contributed by atoms with van der Waals surface area (Å²) in [5.74, 6) is 0. The highest BCUT2D eigenvalue weighted by atomic mass is 19.3. The van der Waals surface area contributed by atoms with E-state index in [0.29, 0.717) is 6.54 Å². The molecule has 0 saturated carbocycles. The van der Waals surface area contributed by atoms with E-state index in [1.54, 1.807) is 6.92 Å². The molecule has 1 atom stereocenters. The first-order valence-corrected chi connectivity index (χ1v) is 3.86. The molecule has 1 saturated heterocycles. The van der Waals surface area contributed by atoms with Crippen molar-refractivity contribution in [2.45, 2.75) is 25.8 Å². The van der Waals surface area contributed by atoms with Crippen molar-refractivity contribution in [1.29, 1.82) is 0 Å². The molecule has 0 aliphatic carbocycles. The third-order valence-electron chi connectivity index (χ3n) is 1.87. The molecule has 0 aromatic carbocycles. The molecule has 3 nitrogen and oxygen atoms in total. The number of ether oxygens (including phenoxy) is 1. The van der Waals surface area contributed by atoms with Gasteiger partial charge in [0, 0.05) is 13.0 Å². The van der Waals surface area contributed by atoms with Crippen LogP contribution < -0.4 is 0 Å². The summed E-state index contributed by atoms with van der Waals surface area (Å²) in [5.41, 5.74) is 0. The number of nitrogens with zero attached hydrogens (tertiary/aromatic N) is 1. The van der Waals surface area contributed by atoms with Gasteiger partial charge in [-0.25, -0.2) is 13.6 Å². The maximum atomic E-state index is 11.9. The highest BCUT2D eigenvalue weighted by Gasteiger charge is 2.33. The third kappa shape index (κ3) is 1.84. The van der Waals surface area contributed by atoms with Gasteiger partial charge in [-0.15, -0.1) is 0 Å². The molecular weight excluding hydrogens is 168 g/mol. The van der Waals surface area contributed by atoms with E-state index in [4.69, 9.17) is 0 Å². The maximum Gasteiger partial charge on any atom is 0.410 e. The van der Waals surface area contributed by atoms with E-state index in [0.717, 1.165) is 0 Å². The van der Waals surface area contributed by atoms with Crippen molar-refractivity contribution in [2.75, 3.05) is 13.2 Å². The first kappa shape index (κ1) is 9.22. The number of amides is 1. The van der Waals surface area contributed by atoms with Crippen molar-refractivity contribution >= 4 is 6.09 Å². The van der Waals surface area contributed by atoms with Gasteiger partial charge in [0.2, 0.25) is 6.43 Å². The molecule has 1 unspecified atom stereocenters. The minimum absolute atomic E-state index is 0.0943. The summed E-state index contributed by atoms with van der Waals surface area (Å²) in [7, 11) is 0. The lowest BCUT2D eigenvalue weighted by molar-refractivity contribution is 0.105. The number of likely N-dealkylation sites (N-methyl/N-ethyl adjacent to an activating group) is 1. The zero-order valence-electron chi connectivity index (χ0n) is 6.80. The van der Waals surface area contributed by atoms with Crippen LogP contribution in [0.1, 0.15) is 13.3 Å². The molecule has 0 spiro atoms. The van der Waals surface area contributed by atoms with Gasteiger partial charge in [-0.05, 0) is 6.92 Å². The normalized spacial score (nSPS) is 23.5. The number of cyclic esters (lactones) is 1. The van der Waals surface area contributed by atoms with E-state index in [1.807, 2.05) is 0 Å². The Morgan fingerprint density at radius 1 is 1.75 bits per heavy atom. The fourth-order valence-corrected chi connectivity index (χ4v) is 1.28. The van der Waals surface area contributed by atoms with Crippen LogP contribution in [0, 0.1) is 0 Å². The Morgan fingerprint density at radius 2 is 2.42 bits per heavy atom. The Labute approximate surface area is 69.3 Å². The molecule has 0 bridgehead atoms. The molecular formula is C7H11F2NO2. The zero-order chi connectivity index (χ0) is 9.14. The number of halogens is 2. The number of hydrogen-bond acceptors (Lipinski definition) is 2. The lowest BCUT2D eigenvalue weighted by atomic mass is 10.2. The van der Waals surface area contributed by atoms with Crippen molar-refractivity contribution in [3.8, 4) is 0 Å². The first-order valence-electron chi connectivity index (χ1n) is 3.86. The summed E-state index contributed by atoms with van der Waals surface area (Å²) in [4.78, 5) is 12.2. The van der Waals surface area contributed by atoms with Crippen LogP contribution in [-0.4, -0.2) is 36.6 Å². The van der Waals surface area contributed by atoms with Gasteiger partial charge in [0.25, 0.3) is 0 Å². The van der Waals surface area contributed by atoms with Crippen LogP contribution in [0.4, 0.5) is 13.6 Å². The molecule has 1 fully saturated rings. The molecule has 1 aliphatic heterocycles. The molecule has 1 heterocycles. The fourth-order valence-electron chi connectivity index (χ4n) is 1.28. The third-order valence-corrected chi connectivity index (χ3v) is 1.87. The second kappa shape index (κ2) is 3.69. The summed E-state index contributed by atoms with van der Waals surface area (Å²) in [6.07, 6.45) is -3.15. The molecule has 70 valence electrons. The van der Waals surface area contributed by atoms with Crippen molar-refractivity contribution < 1.29 is 18.3 Å². The van der Waals surface area contributed by atoms with Gasteiger partial charge in [-0.1, -0.05) is 0 Å². The van der Waals surface area contributed by atoms with E-state index in [9.17, 15) is 13.6 Å². The molecule has 0 aromatic heterocycles. The zero-order valence-corrected chi connectivity index (χ0v) is 6.80. The summed E-state index contributed by atoms with van der Waals surface area (Å²) < 4.78 is 28.5. The van der Waals surface area contributed by atoms with Gasteiger partial charge in [0.1, 0.15) is 6.61 Å². The molecule has 5 heteroatoms. The smallest absolute Gasteiger partial charge is 0.410 e. The van der Waals surface area contributed by atoms with Crippen LogP contribution in [0.3, 0.4) is 0 Å². The van der Waals surface area contributed by atoms with Crippen molar-refractivity contribution in [3.05, 3.63) is 0 Å². The summed E-state index contributed by atoms with van der Waals surface area (Å²) in [6, 6.07) is -0.442. The van der Waals surface area contributed by atoms with E-state index in [1.165, 1.54) is 4.90 Å². The average molecular weight is 179 g/mol. The average Bonchev–Trinajstić information content (AvgIpc) is 2.30. The minimum Gasteiger partial charge on any atom is -0.447 e. The summed E-state index contributed by atoms with van der Waals surface area (Å²) >= 11 is 0. The Kier molecular flexibility index (Phi) is 2.83. The fraction of sp³-hybridized carbons (Fsp3) is 0.857. The monoisotopic (exact) mass is 179 g/mol. The molecule has 1 amide bonds. The first-order chi connectivity index (χ1) is 5.65. The Hall–Kier alpha value is -0.870. The number of hydrogen-bond donors (Lipinski definition) is 0. The van der Waals surface area contributed by atoms with Crippen LogP contribution in [0.25, 0.3) is 0 Å². The topological polar surface area (TPSA) is 29.5 Å². The minimum atomic E-state index is -2.38. The largest absolute Gasteiger partial charge is 0.447 e. The SMILES string of the molecule is CCN1C(=O)OCC1CC(F)F. The van der Waals surface area contributed by atoms with Crippen LogP contribution in [0.2, 0.25) is 0 Å². The number of carbonyl (C=O) groups is 1. The van der Waals surface area contributed by atoms with Gasteiger partial charge >= 0.3 is 6.09 Å². The van der Waals surface area contributed by atoms with Gasteiger partial charge in [0.05, 0.1) is 6.04 Å². The Morgan fingerprint density at radius 3 is 2.92 bits per heavy atom. The molecule has 1 rings (SSSR count). The van der Waals surface area contributed by atoms with Crippen LogP contribution in [-0.2, 0) is 4.74 Å². The van der Waals surface area contributed by atoms with E-state index >= 15 is 0 Å². The molecule has 0 N–H and O–H groups in total. The second-order valence-corrected chi connectivity index (χ2v) is 2.64. The number of rotatable bonds is 3.